The zero-order valence-electron chi connectivity index (χ0n) is 9.77. The molecule has 0 saturated carbocycles. The van der Waals surface area contributed by atoms with Crippen LogP contribution in [0, 0.1) is 6.92 Å². The first-order valence-electron chi connectivity index (χ1n) is 4.83. The predicted molar refractivity (Wildman–Crippen MR) is 64.1 cm³/mol. The molecule has 0 spiro atoms. The molecule has 16 heavy (non-hydrogen) atoms. The molecular formula is C10H17N5O. The zero-order valence-corrected chi connectivity index (χ0v) is 9.77. The Labute approximate surface area is 94.6 Å². The maximum atomic E-state index is 5.74. The number of rotatable bonds is 2. The van der Waals surface area contributed by atoms with E-state index in [-0.39, 0.29) is 5.96 Å². The van der Waals surface area contributed by atoms with E-state index < -0.39 is 0 Å². The molecule has 4 N–H and O–H groups in total. The van der Waals surface area contributed by atoms with Crippen LogP contribution < -0.4 is 11.5 Å². The Morgan fingerprint density at radius 2 is 2.12 bits per heavy atom. The van der Waals surface area contributed by atoms with Gasteiger partial charge in [-0.2, -0.15) is 4.99 Å². The lowest BCUT2D eigenvalue weighted by Gasteiger charge is -2.17. The van der Waals surface area contributed by atoms with E-state index in [1.165, 1.54) is 0 Å². The van der Waals surface area contributed by atoms with E-state index in [9.17, 15) is 0 Å². The number of aryl methyl sites for hydroxylation is 1. The summed E-state index contributed by atoms with van der Waals surface area (Å²) >= 11 is 0. The summed E-state index contributed by atoms with van der Waals surface area (Å²) in [5.41, 5.74) is 13.3. The van der Waals surface area contributed by atoms with Crippen LogP contribution in [0.15, 0.2) is 26.9 Å². The highest BCUT2D eigenvalue weighted by molar-refractivity contribution is 5.93. The molecule has 0 aliphatic carbocycles. The fourth-order valence-electron chi connectivity index (χ4n) is 1.14. The Morgan fingerprint density at radius 3 is 2.62 bits per heavy atom. The number of guanidine groups is 2. The van der Waals surface area contributed by atoms with E-state index in [1.807, 2.05) is 14.0 Å². The topological polar surface area (TPSA) is 93.1 Å². The van der Waals surface area contributed by atoms with Crippen molar-refractivity contribution in [1.29, 1.82) is 0 Å². The number of nitrogens with zero attached hydrogens (tertiary/aromatic N) is 3. The van der Waals surface area contributed by atoms with E-state index >= 15 is 0 Å². The van der Waals surface area contributed by atoms with Crippen molar-refractivity contribution in [2.75, 3.05) is 14.1 Å². The number of nitrogens with two attached hydrogens (primary N) is 2. The molecule has 0 aliphatic rings. The average Bonchev–Trinajstić information content (AvgIpc) is 2.64. The van der Waals surface area contributed by atoms with Gasteiger partial charge in [-0.1, -0.05) is 0 Å². The summed E-state index contributed by atoms with van der Waals surface area (Å²) in [5.74, 6) is 0.483. The number of furan rings is 1. The average molecular weight is 223 g/mol. The van der Waals surface area contributed by atoms with Crippen molar-refractivity contribution in [3.8, 4) is 0 Å². The molecule has 0 radical (unpaired) electrons. The van der Waals surface area contributed by atoms with Gasteiger partial charge >= 0.3 is 0 Å². The number of aliphatic imine (C=N–C) groups is 2. The van der Waals surface area contributed by atoms with Crippen LogP contribution in [0.3, 0.4) is 0 Å². The van der Waals surface area contributed by atoms with Gasteiger partial charge in [-0.25, -0.2) is 0 Å². The summed E-state index contributed by atoms with van der Waals surface area (Å²) in [6, 6.07) is 0. The molecule has 88 valence electrons. The van der Waals surface area contributed by atoms with E-state index in [1.54, 1.807) is 24.5 Å². The molecule has 0 unspecified atom stereocenters. The zero-order chi connectivity index (χ0) is 12.1. The van der Waals surface area contributed by atoms with Gasteiger partial charge in [0.2, 0.25) is 5.96 Å². The second-order valence-electron chi connectivity index (χ2n) is 3.49. The van der Waals surface area contributed by atoms with Gasteiger partial charge in [0.05, 0.1) is 12.5 Å². The summed E-state index contributed by atoms with van der Waals surface area (Å²) in [6.45, 7) is 2.59. The number of hydrogen-bond donors (Lipinski definition) is 2. The molecule has 6 heteroatoms. The van der Waals surface area contributed by atoms with Crippen LogP contribution in [0.2, 0.25) is 0 Å². The Hall–Kier alpha value is -1.98. The molecule has 0 fully saturated rings. The highest BCUT2D eigenvalue weighted by Gasteiger charge is 2.07. The quantitative estimate of drug-likeness (QED) is 0.556. The Morgan fingerprint density at radius 1 is 1.44 bits per heavy atom. The first-order chi connectivity index (χ1) is 7.54. The monoisotopic (exact) mass is 223 g/mol. The molecule has 0 bridgehead atoms. The number of hydrogen-bond acceptors (Lipinski definition) is 2. The Kier molecular flexibility index (Phi) is 3.93. The summed E-state index contributed by atoms with van der Waals surface area (Å²) in [7, 11) is 3.39. The van der Waals surface area contributed by atoms with Crippen molar-refractivity contribution < 1.29 is 4.42 Å². The lowest BCUT2D eigenvalue weighted by molar-refractivity contribution is 0.486. The molecule has 0 atom stereocenters. The van der Waals surface area contributed by atoms with Gasteiger partial charge in [0.1, 0.15) is 0 Å². The third-order valence-corrected chi connectivity index (χ3v) is 2.22. The normalized spacial score (nSPS) is 12.9. The third-order valence-electron chi connectivity index (χ3n) is 2.22. The van der Waals surface area contributed by atoms with E-state index in [2.05, 4.69) is 9.98 Å². The molecular weight excluding hydrogens is 206 g/mol. The van der Waals surface area contributed by atoms with Gasteiger partial charge in [0, 0.05) is 26.2 Å². The first kappa shape index (κ1) is 12.1. The van der Waals surface area contributed by atoms with Crippen LogP contribution >= 0.6 is 0 Å². The molecule has 1 rings (SSSR count). The van der Waals surface area contributed by atoms with Gasteiger partial charge in [-0.3, -0.25) is 4.99 Å². The Bertz CT molecular complexity index is 407. The summed E-state index contributed by atoms with van der Waals surface area (Å²) in [6.07, 6.45) is 3.38. The van der Waals surface area contributed by atoms with Crippen molar-refractivity contribution in [3.63, 3.8) is 0 Å². The molecule has 6 nitrogen and oxygen atoms in total. The molecule has 1 heterocycles. The van der Waals surface area contributed by atoms with Gasteiger partial charge in [0.25, 0.3) is 0 Å². The second-order valence-corrected chi connectivity index (χ2v) is 3.49. The van der Waals surface area contributed by atoms with E-state index in [0.717, 1.165) is 11.1 Å². The Balaban J connectivity index is 2.69. The molecule has 0 saturated heterocycles. The molecule has 1 aromatic heterocycles. The van der Waals surface area contributed by atoms with Crippen LogP contribution in [0.1, 0.15) is 11.1 Å². The van der Waals surface area contributed by atoms with Crippen molar-refractivity contribution in [3.05, 3.63) is 23.7 Å². The first-order valence-corrected chi connectivity index (χ1v) is 4.83. The van der Waals surface area contributed by atoms with Crippen LogP contribution in [-0.2, 0) is 6.54 Å². The third kappa shape index (κ3) is 3.01. The molecule has 1 aromatic rings. The van der Waals surface area contributed by atoms with Crippen molar-refractivity contribution >= 4 is 11.9 Å². The second kappa shape index (κ2) is 5.20. The minimum atomic E-state index is 0.160. The fraction of sp³-hybridized carbons (Fsp3) is 0.400. The maximum Gasteiger partial charge on any atom is 0.218 e. The van der Waals surface area contributed by atoms with Crippen molar-refractivity contribution in [1.82, 2.24) is 4.90 Å². The maximum absolute atomic E-state index is 5.74. The van der Waals surface area contributed by atoms with Crippen LogP contribution in [0.25, 0.3) is 0 Å². The van der Waals surface area contributed by atoms with Gasteiger partial charge in [-0.05, 0) is 12.5 Å². The van der Waals surface area contributed by atoms with Gasteiger partial charge in [-0.15, -0.1) is 0 Å². The van der Waals surface area contributed by atoms with Crippen LogP contribution in [0.4, 0.5) is 0 Å². The summed E-state index contributed by atoms with van der Waals surface area (Å²) < 4.78 is 5.07. The highest BCUT2D eigenvalue weighted by Crippen LogP contribution is 2.10. The summed E-state index contributed by atoms with van der Waals surface area (Å²) in [5, 5.41) is 0. The van der Waals surface area contributed by atoms with Crippen LogP contribution in [0.5, 0.6) is 0 Å². The SMILES string of the molecule is CN=C(N)/N=C(\N)N(C)Cc1cocc1C. The standard InChI is InChI=1S/C10H17N5O/c1-7-5-16-6-8(7)4-15(3)10(12)14-9(11)13-2/h5-6H,4H2,1-3H3,(H4,11,12,13,14). The van der Waals surface area contributed by atoms with Crippen LogP contribution in [-0.4, -0.2) is 30.9 Å². The summed E-state index contributed by atoms with van der Waals surface area (Å²) in [4.78, 5) is 9.40. The minimum absolute atomic E-state index is 0.160. The lowest BCUT2D eigenvalue weighted by atomic mass is 10.2. The molecule has 0 amide bonds. The van der Waals surface area contributed by atoms with E-state index in [4.69, 9.17) is 15.9 Å². The fourth-order valence-corrected chi connectivity index (χ4v) is 1.14. The van der Waals surface area contributed by atoms with Gasteiger partial charge in [0.15, 0.2) is 5.96 Å². The minimum Gasteiger partial charge on any atom is -0.472 e. The van der Waals surface area contributed by atoms with Gasteiger partial charge < -0.3 is 20.8 Å². The van der Waals surface area contributed by atoms with Crippen molar-refractivity contribution in [2.24, 2.45) is 21.5 Å². The van der Waals surface area contributed by atoms with Crippen molar-refractivity contribution in [2.45, 2.75) is 13.5 Å². The molecule has 0 aliphatic heterocycles. The lowest BCUT2D eigenvalue weighted by Crippen LogP contribution is -2.35. The van der Waals surface area contributed by atoms with E-state index in [0.29, 0.717) is 12.5 Å². The highest BCUT2D eigenvalue weighted by atomic mass is 16.3. The molecule has 0 aromatic carbocycles. The predicted octanol–water partition coefficient (Wildman–Crippen LogP) is 0.279. The largest absolute Gasteiger partial charge is 0.472 e. The smallest absolute Gasteiger partial charge is 0.218 e.